The van der Waals surface area contributed by atoms with Crippen molar-refractivity contribution in [1.29, 1.82) is 0 Å². The summed E-state index contributed by atoms with van der Waals surface area (Å²) in [5, 5.41) is 0.618. The van der Waals surface area contributed by atoms with Crippen molar-refractivity contribution < 1.29 is 4.74 Å². The van der Waals surface area contributed by atoms with Crippen LogP contribution in [0.2, 0.25) is 5.02 Å². The van der Waals surface area contributed by atoms with Crippen molar-refractivity contribution in [2.24, 2.45) is 4.99 Å². The number of ether oxygens (including phenoxy) is 1. The minimum absolute atomic E-state index is 0.618. The number of thioether (sulfide) groups is 1. The molecule has 1 saturated heterocycles. The van der Waals surface area contributed by atoms with E-state index in [2.05, 4.69) is 4.99 Å². The zero-order valence-electron chi connectivity index (χ0n) is 9.20. The number of hydrogen-bond acceptors (Lipinski definition) is 3. The maximum atomic E-state index is 6.05. The van der Waals surface area contributed by atoms with Crippen LogP contribution in [0.5, 0.6) is 5.75 Å². The van der Waals surface area contributed by atoms with Crippen molar-refractivity contribution in [2.45, 2.75) is 12.8 Å². The maximum Gasteiger partial charge on any atom is 0.137 e. The van der Waals surface area contributed by atoms with Crippen LogP contribution in [0.3, 0.4) is 0 Å². The van der Waals surface area contributed by atoms with Gasteiger partial charge in [0.1, 0.15) is 5.75 Å². The molecule has 2 rings (SSSR count). The first kappa shape index (κ1) is 11.8. The zero-order chi connectivity index (χ0) is 11.4. The average Bonchev–Trinajstić information content (AvgIpc) is 2.31. The van der Waals surface area contributed by atoms with Gasteiger partial charge in [0.2, 0.25) is 0 Å². The fourth-order valence-corrected chi connectivity index (χ4v) is 2.83. The van der Waals surface area contributed by atoms with Gasteiger partial charge in [0.25, 0.3) is 0 Å². The molecule has 4 heteroatoms. The SMILES string of the molecule is COc1ccc(N=C2CCCSC2)cc1Cl. The Morgan fingerprint density at radius 3 is 2.94 bits per heavy atom. The van der Waals surface area contributed by atoms with Crippen molar-refractivity contribution in [3.05, 3.63) is 23.2 Å². The molecule has 16 heavy (non-hydrogen) atoms. The van der Waals surface area contributed by atoms with Crippen LogP contribution >= 0.6 is 23.4 Å². The Morgan fingerprint density at radius 2 is 2.31 bits per heavy atom. The molecule has 0 aromatic heterocycles. The van der Waals surface area contributed by atoms with Gasteiger partial charge in [-0.1, -0.05) is 11.6 Å². The molecule has 0 unspecified atom stereocenters. The molecule has 0 atom stereocenters. The van der Waals surface area contributed by atoms with E-state index in [0.29, 0.717) is 10.8 Å². The Balaban J connectivity index is 2.17. The first-order valence-corrected chi connectivity index (χ1v) is 6.80. The molecule has 2 nitrogen and oxygen atoms in total. The van der Waals surface area contributed by atoms with Crippen LogP contribution in [-0.2, 0) is 0 Å². The van der Waals surface area contributed by atoms with Crippen LogP contribution in [0, 0.1) is 0 Å². The summed E-state index contributed by atoms with van der Waals surface area (Å²) in [6.45, 7) is 0. The molecule has 86 valence electrons. The summed E-state index contributed by atoms with van der Waals surface area (Å²) in [6.07, 6.45) is 2.34. The highest BCUT2D eigenvalue weighted by Gasteiger charge is 2.07. The van der Waals surface area contributed by atoms with E-state index in [1.54, 1.807) is 7.11 Å². The van der Waals surface area contributed by atoms with Crippen molar-refractivity contribution in [3.63, 3.8) is 0 Å². The lowest BCUT2D eigenvalue weighted by Gasteiger charge is -2.12. The summed E-state index contributed by atoms with van der Waals surface area (Å²) >= 11 is 7.99. The number of nitrogens with zero attached hydrogens (tertiary/aromatic N) is 1. The molecule has 0 saturated carbocycles. The van der Waals surface area contributed by atoms with Crippen LogP contribution in [0.4, 0.5) is 5.69 Å². The van der Waals surface area contributed by atoms with Crippen molar-refractivity contribution in [1.82, 2.24) is 0 Å². The summed E-state index contributed by atoms with van der Waals surface area (Å²) in [5.74, 6) is 3.00. The summed E-state index contributed by atoms with van der Waals surface area (Å²) in [7, 11) is 1.62. The van der Waals surface area contributed by atoms with Crippen LogP contribution in [-0.4, -0.2) is 24.3 Å². The molecule has 1 fully saturated rings. The van der Waals surface area contributed by atoms with Crippen LogP contribution < -0.4 is 4.74 Å². The number of halogens is 1. The second-order valence-electron chi connectivity index (χ2n) is 3.65. The Hall–Kier alpha value is -0.670. The molecule has 1 aromatic carbocycles. The van der Waals surface area contributed by atoms with Gasteiger partial charge in [0, 0.05) is 11.5 Å². The van der Waals surface area contributed by atoms with E-state index in [0.717, 1.165) is 17.9 Å². The summed E-state index contributed by atoms with van der Waals surface area (Å²) in [5.41, 5.74) is 2.18. The number of methoxy groups -OCH3 is 1. The lowest BCUT2D eigenvalue weighted by molar-refractivity contribution is 0.415. The Labute approximate surface area is 105 Å². The Kier molecular flexibility index (Phi) is 4.13. The van der Waals surface area contributed by atoms with Gasteiger partial charge in [-0.15, -0.1) is 0 Å². The van der Waals surface area contributed by atoms with E-state index < -0.39 is 0 Å². The van der Waals surface area contributed by atoms with Gasteiger partial charge in [-0.3, -0.25) is 4.99 Å². The molecule has 0 radical (unpaired) electrons. The van der Waals surface area contributed by atoms with Crippen molar-refractivity contribution in [3.8, 4) is 5.75 Å². The molecule has 1 aliphatic heterocycles. The second-order valence-corrected chi connectivity index (χ2v) is 5.17. The highest BCUT2D eigenvalue weighted by Crippen LogP contribution is 2.29. The van der Waals surface area contributed by atoms with Crippen LogP contribution in [0.1, 0.15) is 12.8 Å². The number of aliphatic imine (C=N–C) groups is 1. The first-order valence-electron chi connectivity index (χ1n) is 5.27. The van der Waals surface area contributed by atoms with E-state index in [1.807, 2.05) is 30.0 Å². The first-order chi connectivity index (χ1) is 7.79. The molecule has 0 bridgehead atoms. The third kappa shape index (κ3) is 2.92. The molecule has 0 N–H and O–H groups in total. The van der Waals surface area contributed by atoms with Crippen LogP contribution in [0.25, 0.3) is 0 Å². The van der Waals surface area contributed by atoms with Gasteiger partial charge < -0.3 is 4.74 Å². The largest absolute Gasteiger partial charge is 0.495 e. The van der Waals surface area contributed by atoms with Gasteiger partial charge >= 0.3 is 0 Å². The van der Waals surface area contributed by atoms with E-state index >= 15 is 0 Å². The monoisotopic (exact) mass is 255 g/mol. The van der Waals surface area contributed by atoms with E-state index in [4.69, 9.17) is 16.3 Å². The topological polar surface area (TPSA) is 21.6 Å². The summed E-state index contributed by atoms with van der Waals surface area (Å²) < 4.78 is 5.11. The maximum absolute atomic E-state index is 6.05. The fraction of sp³-hybridized carbons (Fsp3) is 0.417. The van der Waals surface area contributed by atoms with Gasteiger partial charge in [-0.25, -0.2) is 0 Å². The number of hydrogen-bond donors (Lipinski definition) is 0. The predicted octanol–water partition coefficient (Wildman–Crippen LogP) is 3.95. The molecule has 1 aromatic rings. The van der Waals surface area contributed by atoms with Crippen molar-refractivity contribution in [2.75, 3.05) is 18.6 Å². The molecule has 0 spiro atoms. The minimum Gasteiger partial charge on any atom is -0.495 e. The molecule has 1 heterocycles. The Morgan fingerprint density at radius 1 is 1.44 bits per heavy atom. The highest BCUT2D eigenvalue weighted by atomic mass is 35.5. The smallest absolute Gasteiger partial charge is 0.137 e. The minimum atomic E-state index is 0.618. The number of rotatable bonds is 2. The van der Waals surface area contributed by atoms with Gasteiger partial charge in [-0.05, 0) is 36.8 Å². The number of benzene rings is 1. The molecule has 1 aliphatic rings. The molecule has 0 aliphatic carbocycles. The average molecular weight is 256 g/mol. The molecular formula is C12H14ClNOS. The zero-order valence-corrected chi connectivity index (χ0v) is 10.8. The summed E-state index contributed by atoms with van der Waals surface area (Å²) in [4.78, 5) is 4.61. The Bertz CT molecular complexity index is 398. The standard InChI is InChI=1S/C12H14ClNOS/c1-15-12-5-4-9(7-11(12)13)14-10-3-2-6-16-8-10/h4-5,7H,2-3,6,8H2,1H3. The lowest BCUT2D eigenvalue weighted by atomic mass is 10.2. The van der Waals surface area contributed by atoms with Gasteiger partial charge in [0.05, 0.1) is 17.8 Å². The second kappa shape index (κ2) is 5.60. The predicted molar refractivity (Wildman–Crippen MR) is 71.7 cm³/mol. The van der Waals surface area contributed by atoms with E-state index in [1.165, 1.54) is 17.9 Å². The molecule has 0 amide bonds. The van der Waals surface area contributed by atoms with Gasteiger partial charge in [0.15, 0.2) is 0 Å². The lowest BCUT2D eigenvalue weighted by Crippen LogP contribution is -2.08. The quantitative estimate of drug-likeness (QED) is 0.798. The molecular weight excluding hydrogens is 242 g/mol. The summed E-state index contributed by atoms with van der Waals surface area (Å²) in [6, 6.07) is 5.65. The fourth-order valence-electron chi connectivity index (χ4n) is 1.64. The highest BCUT2D eigenvalue weighted by molar-refractivity contribution is 8.00. The van der Waals surface area contributed by atoms with Gasteiger partial charge in [-0.2, -0.15) is 11.8 Å². The third-order valence-corrected chi connectivity index (χ3v) is 3.86. The van der Waals surface area contributed by atoms with Crippen LogP contribution in [0.15, 0.2) is 23.2 Å². The van der Waals surface area contributed by atoms with Crippen molar-refractivity contribution >= 4 is 34.8 Å². The van der Waals surface area contributed by atoms with E-state index in [9.17, 15) is 0 Å². The van der Waals surface area contributed by atoms with E-state index in [-0.39, 0.29) is 0 Å². The normalized spacial score (nSPS) is 18.8. The third-order valence-electron chi connectivity index (χ3n) is 2.45.